The van der Waals surface area contributed by atoms with E-state index in [9.17, 15) is 9.90 Å². The lowest BCUT2D eigenvalue weighted by Gasteiger charge is -2.01. The van der Waals surface area contributed by atoms with Crippen molar-refractivity contribution in [2.45, 2.75) is 6.92 Å². The van der Waals surface area contributed by atoms with E-state index in [0.29, 0.717) is 22.7 Å². The van der Waals surface area contributed by atoms with Gasteiger partial charge in [0.15, 0.2) is 5.58 Å². The number of phenols is 1. The maximum absolute atomic E-state index is 11.1. The molecule has 0 unspecified atom stereocenters. The fraction of sp³-hybridized carbons (Fsp3) is 0.0455. The lowest BCUT2D eigenvalue weighted by atomic mass is 10.1. The monoisotopic (exact) mass is 372 g/mol. The summed E-state index contributed by atoms with van der Waals surface area (Å²) in [6, 6.07) is 17.2. The molecule has 28 heavy (non-hydrogen) atoms. The standard InChI is InChI=1S/C22H16N2O4/c1-13-5-8-20-18(9-13)24-21(28-20)14-3-2-4-17(11-14)23-12-16-10-15(22(26)27)6-7-19(16)25/h2-12,25H,1H3,(H,26,27). The van der Waals surface area contributed by atoms with Gasteiger partial charge in [0.1, 0.15) is 11.3 Å². The summed E-state index contributed by atoms with van der Waals surface area (Å²) in [6.07, 6.45) is 1.43. The van der Waals surface area contributed by atoms with Crippen LogP contribution in [0.2, 0.25) is 0 Å². The van der Waals surface area contributed by atoms with Crippen LogP contribution in [0.15, 0.2) is 70.1 Å². The number of aryl methyl sites for hydroxylation is 1. The van der Waals surface area contributed by atoms with E-state index in [4.69, 9.17) is 9.52 Å². The van der Waals surface area contributed by atoms with Crippen molar-refractivity contribution in [1.82, 2.24) is 4.98 Å². The van der Waals surface area contributed by atoms with Crippen molar-refractivity contribution in [3.8, 4) is 17.2 Å². The second-order valence-corrected chi connectivity index (χ2v) is 6.38. The smallest absolute Gasteiger partial charge is 0.335 e. The molecule has 1 heterocycles. The Morgan fingerprint density at radius 3 is 2.79 bits per heavy atom. The topological polar surface area (TPSA) is 95.9 Å². The van der Waals surface area contributed by atoms with Crippen LogP contribution in [0.5, 0.6) is 5.75 Å². The van der Waals surface area contributed by atoms with Gasteiger partial charge in [0.25, 0.3) is 0 Å². The molecule has 0 fully saturated rings. The predicted octanol–water partition coefficient (Wildman–Crippen LogP) is 4.96. The zero-order valence-corrected chi connectivity index (χ0v) is 15.0. The maximum Gasteiger partial charge on any atom is 0.335 e. The molecule has 0 spiro atoms. The van der Waals surface area contributed by atoms with Crippen LogP contribution in [0.4, 0.5) is 5.69 Å². The zero-order valence-electron chi connectivity index (χ0n) is 15.0. The Kier molecular flexibility index (Phi) is 4.37. The molecule has 4 rings (SSSR count). The SMILES string of the molecule is Cc1ccc2oc(-c3cccc(N=Cc4cc(C(=O)O)ccc4O)c3)nc2c1. The van der Waals surface area contributed by atoms with Crippen LogP contribution in [-0.4, -0.2) is 27.4 Å². The maximum atomic E-state index is 11.1. The Hall–Kier alpha value is -3.93. The van der Waals surface area contributed by atoms with Crippen molar-refractivity contribution >= 4 is 29.0 Å². The largest absolute Gasteiger partial charge is 0.507 e. The number of aromatic nitrogens is 1. The Bertz CT molecular complexity index is 1220. The number of benzene rings is 3. The molecule has 3 aromatic carbocycles. The highest BCUT2D eigenvalue weighted by Gasteiger charge is 2.09. The van der Waals surface area contributed by atoms with Crippen molar-refractivity contribution in [3.05, 3.63) is 77.4 Å². The van der Waals surface area contributed by atoms with Gasteiger partial charge in [0.05, 0.1) is 11.3 Å². The van der Waals surface area contributed by atoms with Gasteiger partial charge in [-0.05, 0) is 61.0 Å². The number of aromatic carboxylic acids is 1. The van der Waals surface area contributed by atoms with Gasteiger partial charge in [-0.1, -0.05) is 12.1 Å². The lowest BCUT2D eigenvalue weighted by Crippen LogP contribution is -1.97. The van der Waals surface area contributed by atoms with Crippen molar-refractivity contribution < 1.29 is 19.4 Å². The highest BCUT2D eigenvalue weighted by molar-refractivity contribution is 5.93. The first-order chi connectivity index (χ1) is 13.5. The summed E-state index contributed by atoms with van der Waals surface area (Å²) in [7, 11) is 0. The van der Waals surface area contributed by atoms with E-state index in [0.717, 1.165) is 16.6 Å². The van der Waals surface area contributed by atoms with Crippen LogP contribution in [0, 0.1) is 6.92 Å². The number of rotatable bonds is 4. The summed E-state index contributed by atoms with van der Waals surface area (Å²) >= 11 is 0. The Morgan fingerprint density at radius 1 is 1.11 bits per heavy atom. The number of fused-ring (bicyclic) bond motifs is 1. The highest BCUT2D eigenvalue weighted by atomic mass is 16.4. The molecule has 0 atom stereocenters. The van der Waals surface area contributed by atoms with Gasteiger partial charge in [-0.2, -0.15) is 0 Å². The summed E-state index contributed by atoms with van der Waals surface area (Å²) in [5.74, 6) is -0.615. The van der Waals surface area contributed by atoms with E-state index in [2.05, 4.69) is 9.98 Å². The van der Waals surface area contributed by atoms with Crippen molar-refractivity contribution in [2.24, 2.45) is 4.99 Å². The number of aromatic hydroxyl groups is 1. The van der Waals surface area contributed by atoms with Crippen molar-refractivity contribution in [3.63, 3.8) is 0 Å². The third-order valence-corrected chi connectivity index (χ3v) is 4.26. The van der Waals surface area contributed by atoms with E-state index in [1.807, 2.05) is 43.3 Å². The van der Waals surface area contributed by atoms with E-state index in [-0.39, 0.29) is 11.3 Å². The second kappa shape index (κ2) is 7.00. The number of phenolic OH excluding ortho intramolecular Hbond substituents is 1. The number of carbonyl (C=O) groups is 1. The zero-order chi connectivity index (χ0) is 19.7. The van der Waals surface area contributed by atoms with Gasteiger partial charge in [0.2, 0.25) is 5.89 Å². The van der Waals surface area contributed by atoms with Gasteiger partial charge in [0, 0.05) is 17.3 Å². The third kappa shape index (κ3) is 3.48. The molecule has 2 N–H and O–H groups in total. The third-order valence-electron chi connectivity index (χ3n) is 4.26. The summed E-state index contributed by atoms with van der Waals surface area (Å²) < 4.78 is 5.82. The molecule has 0 aliphatic carbocycles. The van der Waals surface area contributed by atoms with Crippen LogP contribution >= 0.6 is 0 Å². The lowest BCUT2D eigenvalue weighted by molar-refractivity contribution is 0.0697. The number of hydrogen-bond donors (Lipinski definition) is 2. The van der Waals surface area contributed by atoms with Crippen molar-refractivity contribution in [1.29, 1.82) is 0 Å². The molecule has 138 valence electrons. The first kappa shape index (κ1) is 17.5. The molecule has 0 amide bonds. The highest BCUT2D eigenvalue weighted by Crippen LogP contribution is 2.28. The molecule has 4 aromatic rings. The Balaban J connectivity index is 1.66. The number of carboxylic acids is 1. The number of nitrogens with zero attached hydrogens (tertiary/aromatic N) is 2. The van der Waals surface area contributed by atoms with Gasteiger partial charge in [-0.3, -0.25) is 4.99 Å². The first-order valence-corrected chi connectivity index (χ1v) is 8.57. The normalized spacial score (nSPS) is 11.3. The fourth-order valence-electron chi connectivity index (χ4n) is 2.82. The minimum absolute atomic E-state index is 0.0424. The van der Waals surface area contributed by atoms with E-state index in [1.54, 1.807) is 6.07 Å². The van der Waals surface area contributed by atoms with Gasteiger partial charge in [-0.25, -0.2) is 9.78 Å². The van der Waals surface area contributed by atoms with Gasteiger partial charge in [-0.15, -0.1) is 0 Å². The minimum Gasteiger partial charge on any atom is -0.507 e. The number of hydrogen-bond acceptors (Lipinski definition) is 5. The number of aliphatic imine (C=N–C) groups is 1. The average Bonchev–Trinajstić information content (AvgIpc) is 3.10. The van der Waals surface area contributed by atoms with Crippen LogP contribution in [0.25, 0.3) is 22.6 Å². The van der Waals surface area contributed by atoms with Gasteiger partial charge < -0.3 is 14.6 Å². The molecule has 0 bridgehead atoms. The molecular weight excluding hydrogens is 356 g/mol. The molecular formula is C22H16N2O4. The second-order valence-electron chi connectivity index (χ2n) is 6.38. The quantitative estimate of drug-likeness (QED) is 0.494. The molecule has 0 saturated heterocycles. The Morgan fingerprint density at radius 2 is 1.96 bits per heavy atom. The van der Waals surface area contributed by atoms with Gasteiger partial charge >= 0.3 is 5.97 Å². The average molecular weight is 372 g/mol. The molecule has 0 aliphatic rings. The minimum atomic E-state index is -1.07. The molecule has 1 aromatic heterocycles. The van der Waals surface area contributed by atoms with E-state index >= 15 is 0 Å². The van der Waals surface area contributed by atoms with Crippen LogP contribution in [0.3, 0.4) is 0 Å². The van der Waals surface area contributed by atoms with Crippen LogP contribution in [-0.2, 0) is 0 Å². The predicted molar refractivity (Wildman–Crippen MR) is 107 cm³/mol. The van der Waals surface area contributed by atoms with Crippen LogP contribution < -0.4 is 0 Å². The summed E-state index contributed by atoms with van der Waals surface area (Å²) in [5, 5.41) is 19.0. The number of carboxylic acid groups (broad SMARTS) is 1. The molecule has 6 nitrogen and oxygen atoms in total. The summed E-state index contributed by atoms with van der Waals surface area (Å²) in [6.45, 7) is 2.00. The van der Waals surface area contributed by atoms with E-state index < -0.39 is 5.97 Å². The Labute approximate surface area is 160 Å². The molecule has 0 radical (unpaired) electrons. The molecule has 0 aliphatic heterocycles. The van der Waals surface area contributed by atoms with E-state index in [1.165, 1.54) is 24.4 Å². The summed E-state index contributed by atoms with van der Waals surface area (Å²) in [4.78, 5) is 20.0. The molecule has 6 heteroatoms. The fourth-order valence-corrected chi connectivity index (χ4v) is 2.82. The van der Waals surface area contributed by atoms with Crippen molar-refractivity contribution in [2.75, 3.05) is 0 Å². The summed E-state index contributed by atoms with van der Waals surface area (Å²) in [5.41, 5.74) is 4.40. The van der Waals surface area contributed by atoms with Crippen LogP contribution in [0.1, 0.15) is 21.5 Å². The molecule has 0 saturated carbocycles. The number of oxazole rings is 1. The first-order valence-electron chi connectivity index (χ1n) is 8.57.